The molecule has 3 rings (SSSR count). The fourth-order valence-corrected chi connectivity index (χ4v) is 3.12. The fourth-order valence-electron chi connectivity index (χ4n) is 2.57. The molecule has 1 saturated heterocycles. The van der Waals surface area contributed by atoms with E-state index in [0.29, 0.717) is 18.8 Å². The maximum Gasteiger partial charge on any atom is 0.254 e. The first-order valence-electron chi connectivity index (χ1n) is 7.77. The molecule has 2 aliphatic rings. The zero-order valence-corrected chi connectivity index (χ0v) is 13.6. The van der Waals surface area contributed by atoms with Crippen LogP contribution in [0.1, 0.15) is 29.6 Å². The Morgan fingerprint density at radius 2 is 2.36 bits per heavy atom. The summed E-state index contributed by atoms with van der Waals surface area (Å²) in [6, 6.07) is 3.50. The third-order valence-corrected chi connectivity index (χ3v) is 4.77. The molecular formula is C16H22N2O3S. The van der Waals surface area contributed by atoms with Crippen molar-refractivity contribution in [1.82, 2.24) is 10.3 Å². The van der Waals surface area contributed by atoms with Crippen molar-refractivity contribution in [2.45, 2.75) is 36.4 Å². The Balaban J connectivity index is 1.62. The summed E-state index contributed by atoms with van der Waals surface area (Å²) >= 11 is 1.47. The van der Waals surface area contributed by atoms with Crippen LogP contribution in [0.25, 0.3) is 0 Å². The molecule has 1 aliphatic carbocycles. The van der Waals surface area contributed by atoms with E-state index in [1.54, 1.807) is 18.3 Å². The number of amides is 1. The maximum atomic E-state index is 12.5. The van der Waals surface area contributed by atoms with Gasteiger partial charge in [-0.3, -0.25) is 4.79 Å². The molecular weight excluding hydrogens is 300 g/mol. The first-order valence-corrected chi connectivity index (χ1v) is 8.99. The van der Waals surface area contributed by atoms with Gasteiger partial charge in [-0.25, -0.2) is 4.98 Å². The first-order chi connectivity index (χ1) is 10.8. The predicted octanol–water partition coefficient (Wildman–Crippen LogP) is 2.12. The van der Waals surface area contributed by atoms with E-state index in [9.17, 15) is 4.79 Å². The molecule has 1 aromatic rings. The van der Waals surface area contributed by atoms with Gasteiger partial charge in [0.05, 0.1) is 24.3 Å². The molecule has 2 unspecified atom stereocenters. The van der Waals surface area contributed by atoms with Crippen LogP contribution in [-0.4, -0.2) is 49.1 Å². The summed E-state index contributed by atoms with van der Waals surface area (Å²) in [5.74, 6) is 0.619. The van der Waals surface area contributed by atoms with Crippen molar-refractivity contribution < 1.29 is 14.3 Å². The van der Waals surface area contributed by atoms with Gasteiger partial charge in [-0.1, -0.05) is 0 Å². The zero-order valence-electron chi connectivity index (χ0n) is 12.8. The molecule has 22 heavy (non-hydrogen) atoms. The highest BCUT2D eigenvalue weighted by Crippen LogP contribution is 2.30. The largest absolute Gasteiger partial charge is 0.379 e. The molecule has 1 saturated carbocycles. The molecule has 0 bridgehead atoms. The van der Waals surface area contributed by atoms with E-state index in [1.165, 1.54) is 24.6 Å². The Morgan fingerprint density at radius 1 is 1.50 bits per heavy atom. The van der Waals surface area contributed by atoms with Gasteiger partial charge in [0.25, 0.3) is 5.91 Å². The summed E-state index contributed by atoms with van der Waals surface area (Å²) in [7, 11) is 0. The number of hydrogen-bond acceptors (Lipinski definition) is 5. The Bertz CT molecular complexity index is 522. The third kappa shape index (κ3) is 4.00. The molecule has 0 aromatic carbocycles. The summed E-state index contributed by atoms with van der Waals surface area (Å²) in [4.78, 5) is 16.8. The Morgan fingerprint density at radius 3 is 3.14 bits per heavy atom. The van der Waals surface area contributed by atoms with Crippen LogP contribution in [0.15, 0.2) is 23.4 Å². The number of carbonyl (C=O) groups is 1. The van der Waals surface area contributed by atoms with Crippen molar-refractivity contribution in [2.75, 3.05) is 26.1 Å². The number of thioether (sulfide) groups is 1. The van der Waals surface area contributed by atoms with Crippen molar-refractivity contribution in [3.8, 4) is 0 Å². The lowest BCUT2D eigenvalue weighted by atomic mass is 10.1. The van der Waals surface area contributed by atoms with E-state index >= 15 is 0 Å². The minimum atomic E-state index is -0.104. The van der Waals surface area contributed by atoms with E-state index < -0.39 is 0 Å². The summed E-state index contributed by atoms with van der Waals surface area (Å²) in [6.45, 7) is 2.01. The molecule has 2 heterocycles. The lowest BCUT2D eigenvalue weighted by molar-refractivity contribution is -0.0567. The summed E-state index contributed by atoms with van der Waals surface area (Å²) in [5.41, 5.74) is 0.613. The highest BCUT2D eigenvalue weighted by molar-refractivity contribution is 7.98. The van der Waals surface area contributed by atoms with E-state index in [0.717, 1.165) is 24.0 Å². The standard InChI is InChI=1S/C16H22N2O3S/c1-22-16-12(3-2-7-17-16)15(19)18-13-10-20-8-6-14(13)21-9-11-4-5-11/h2-3,7,11,13-14H,4-6,8-10H2,1H3,(H,18,19). The van der Waals surface area contributed by atoms with Gasteiger partial charge in [0.2, 0.25) is 0 Å². The second-order valence-electron chi connectivity index (χ2n) is 5.82. The molecule has 1 aliphatic heterocycles. The summed E-state index contributed by atoms with van der Waals surface area (Å²) < 4.78 is 11.5. The number of aromatic nitrogens is 1. The number of ether oxygens (including phenoxy) is 2. The van der Waals surface area contributed by atoms with Crippen molar-refractivity contribution >= 4 is 17.7 Å². The maximum absolute atomic E-state index is 12.5. The quantitative estimate of drug-likeness (QED) is 0.813. The van der Waals surface area contributed by atoms with Crippen LogP contribution in [0, 0.1) is 5.92 Å². The van der Waals surface area contributed by atoms with E-state index in [1.807, 2.05) is 6.26 Å². The molecule has 6 heteroatoms. The summed E-state index contributed by atoms with van der Waals surface area (Å²) in [5, 5.41) is 3.80. The molecule has 0 spiro atoms. The molecule has 120 valence electrons. The number of rotatable bonds is 6. The van der Waals surface area contributed by atoms with Crippen LogP contribution >= 0.6 is 11.8 Å². The number of carbonyl (C=O) groups excluding carboxylic acids is 1. The van der Waals surface area contributed by atoms with Crippen LogP contribution < -0.4 is 5.32 Å². The molecule has 1 aromatic heterocycles. The van der Waals surface area contributed by atoms with Crippen LogP contribution in [0.5, 0.6) is 0 Å². The molecule has 2 atom stereocenters. The van der Waals surface area contributed by atoms with Gasteiger partial charge in [0.15, 0.2) is 0 Å². The van der Waals surface area contributed by atoms with Gasteiger partial charge >= 0.3 is 0 Å². The Kier molecular flexibility index (Phi) is 5.33. The lowest BCUT2D eigenvalue weighted by Crippen LogP contribution is -2.50. The van der Waals surface area contributed by atoms with Crippen LogP contribution in [0.3, 0.4) is 0 Å². The van der Waals surface area contributed by atoms with Gasteiger partial charge in [0, 0.05) is 19.4 Å². The number of pyridine rings is 1. The van der Waals surface area contributed by atoms with Crippen molar-refractivity contribution in [2.24, 2.45) is 5.92 Å². The van der Waals surface area contributed by atoms with Gasteiger partial charge in [-0.15, -0.1) is 11.8 Å². The molecule has 1 amide bonds. The van der Waals surface area contributed by atoms with Crippen molar-refractivity contribution in [3.63, 3.8) is 0 Å². The second kappa shape index (κ2) is 7.44. The monoisotopic (exact) mass is 322 g/mol. The predicted molar refractivity (Wildman–Crippen MR) is 85.2 cm³/mol. The van der Waals surface area contributed by atoms with Gasteiger partial charge < -0.3 is 14.8 Å². The first kappa shape index (κ1) is 15.8. The molecule has 2 fully saturated rings. The highest BCUT2D eigenvalue weighted by Gasteiger charge is 2.31. The third-order valence-electron chi connectivity index (χ3n) is 4.06. The minimum Gasteiger partial charge on any atom is -0.379 e. The summed E-state index contributed by atoms with van der Waals surface area (Å²) in [6.07, 6.45) is 7.05. The average Bonchev–Trinajstić information content (AvgIpc) is 3.38. The van der Waals surface area contributed by atoms with Crippen LogP contribution in [-0.2, 0) is 9.47 Å². The molecule has 0 radical (unpaired) electrons. The second-order valence-corrected chi connectivity index (χ2v) is 6.61. The Labute approximate surface area is 135 Å². The normalized spacial score (nSPS) is 25.0. The average molecular weight is 322 g/mol. The van der Waals surface area contributed by atoms with E-state index in [-0.39, 0.29) is 18.1 Å². The Hall–Kier alpha value is -1.11. The van der Waals surface area contributed by atoms with E-state index in [4.69, 9.17) is 9.47 Å². The van der Waals surface area contributed by atoms with Crippen molar-refractivity contribution in [1.29, 1.82) is 0 Å². The fraction of sp³-hybridized carbons (Fsp3) is 0.625. The highest BCUT2D eigenvalue weighted by atomic mass is 32.2. The smallest absolute Gasteiger partial charge is 0.254 e. The number of nitrogens with one attached hydrogen (secondary N) is 1. The van der Waals surface area contributed by atoms with E-state index in [2.05, 4.69) is 10.3 Å². The van der Waals surface area contributed by atoms with Gasteiger partial charge in [-0.2, -0.15) is 0 Å². The van der Waals surface area contributed by atoms with Crippen molar-refractivity contribution in [3.05, 3.63) is 23.9 Å². The number of hydrogen-bond donors (Lipinski definition) is 1. The SMILES string of the molecule is CSc1ncccc1C(=O)NC1COCCC1OCC1CC1. The lowest BCUT2D eigenvalue weighted by Gasteiger charge is -2.32. The molecule has 1 N–H and O–H groups in total. The van der Waals surface area contributed by atoms with Gasteiger partial charge in [0.1, 0.15) is 5.03 Å². The van der Waals surface area contributed by atoms with Crippen LogP contribution in [0.2, 0.25) is 0 Å². The van der Waals surface area contributed by atoms with Crippen LogP contribution in [0.4, 0.5) is 0 Å². The zero-order chi connectivity index (χ0) is 15.4. The minimum absolute atomic E-state index is 0.0488. The topological polar surface area (TPSA) is 60.5 Å². The number of nitrogens with zero attached hydrogens (tertiary/aromatic N) is 1. The van der Waals surface area contributed by atoms with Gasteiger partial charge in [-0.05, 0) is 43.6 Å². The molecule has 5 nitrogen and oxygen atoms in total.